The minimum absolute atomic E-state index is 0.0957. The summed E-state index contributed by atoms with van der Waals surface area (Å²) in [4.78, 5) is 8.85. The number of alkyl halides is 1. The van der Waals surface area contributed by atoms with Crippen LogP contribution in [-0.4, -0.2) is 14.5 Å². The van der Waals surface area contributed by atoms with E-state index >= 15 is 0 Å². The van der Waals surface area contributed by atoms with Crippen LogP contribution in [0.3, 0.4) is 0 Å². The zero-order valence-electron chi connectivity index (χ0n) is 9.11. The monoisotopic (exact) mass is 223 g/mol. The minimum Gasteiger partial charge on any atom is -0.309 e. The molecule has 1 unspecified atom stereocenters. The summed E-state index contributed by atoms with van der Waals surface area (Å²) in [5.41, 5.74) is 1.82. The third kappa shape index (κ3) is 1.72. The predicted molar refractivity (Wildman–Crippen MR) is 62.2 cm³/mol. The molecular weight excluding hydrogens is 210 g/mol. The van der Waals surface area contributed by atoms with Crippen molar-refractivity contribution in [1.29, 1.82) is 0 Å². The first-order valence-electron chi connectivity index (χ1n) is 5.08. The lowest BCUT2D eigenvalue weighted by Gasteiger charge is -2.13. The zero-order valence-corrected chi connectivity index (χ0v) is 9.86. The Bertz CT molecular complexity index is 474. The Morgan fingerprint density at radius 2 is 2.07 bits per heavy atom. The second-order valence-electron chi connectivity index (χ2n) is 3.90. The van der Waals surface area contributed by atoms with Crippen LogP contribution < -0.4 is 0 Å². The topological polar surface area (TPSA) is 30.7 Å². The van der Waals surface area contributed by atoms with Gasteiger partial charge in [0.05, 0.1) is 5.38 Å². The Morgan fingerprint density at radius 3 is 2.67 bits per heavy atom. The maximum atomic E-state index is 6.11. The quantitative estimate of drug-likeness (QED) is 0.732. The number of hydrogen-bond acceptors (Lipinski definition) is 2. The summed E-state index contributed by atoms with van der Waals surface area (Å²) in [5.74, 6) is 0.889. The summed E-state index contributed by atoms with van der Waals surface area (Å²) in [6.07, 6.45) is 1.78. The Balaban J connectivity index is 2.75. The van der Waals surface area contributed by atoms with Crippen molar-refractivity contribution < 1.29 is 0 Å². The summed E-state index contributed by atoms with van der Waals surface area (Å²) < 4.78 is 2.09. The summed E-state index contributed by atoms with van der Waals surface area (Å²) in [7, 11) is 0. The molecule has 0 aromatic carbocycles. The largest absolute Gasteiger partial charge is 0.309 e. The van der Waals surface area contributed by atoms with Gasteiger partial charge in [-0.15, -0.1) is 11.6 Å². The number of nitrogens with zero attached hydrogens (tertiary/aromatic N) is 3. The molecule has 0 fully saturated rings. The Labute approximate surface area is 94.1 Å². The highest BCUT2D eigenvalue weighted by Crippen LogP contribution is 2.26. The van der Waals surface area contributed by atoms with Gasteiger partial charge in [0.1, 0.15) is 11.3 Å². The number of halogens is 1. The Hall–Kier alpha value is -1.09. The summed E-state index contributed by atoms with van der Waals surface area (Å²) in [6.45, 7) is 6.15. The van der Waals surface area contributed by atoms with E-state index in [1.54, 1.807) is 6.20 Å². The van der Waals surface area contributed by atoms with Crippen LogP contribution in [0.15, 0.2) is 18.3 Å². The number of imidazole rings is 1. The van der Waals surface area contributed by atoms with E-state index in [4.69, 9.17) is 11.6 Å². The second-order valence-corrected chi connectivity index (χ2v) is 4.55. The summed E-state index contributed by atoms with van der Waals surface area (Å²) in [5, 5.41) is -0.0957. The van der Waals surface area contributed by atoms with Gasteiger partial charge in [-0.25, -0.2) is 9.97 Å². The predicted octanol–water partition coefficient (Wildman–Crippen LogP) is 3.31. The molecule has 0 bridgehead atoms. The van der Waals surface area contributed by atoms with E-state index in [9.17, 15) is 0 Å². The highest BCUT2D eigenvalue weighted by atomic mass is 35.5. The van der Waals surface area contributed by atoms with Crippen LogP contribution in [0.4, 0.5) is 0 Å². The molecule has 0 amide bonds. The molecule has 0 radical (unpaired) electrons. The van der Waals surface area contributed by atoms with Crippen molar-refractivity contribution in [2.45, 2.75) is 32.2 Å². The van der Waals surface area contributed by atoms with E-state index in [2.05, 4.69) is 28.4 Å². The van der Waals surface area contributed by atoms with Gasteiger partial charge in [0.25, 0.3) is 0 Å². The molecule has 0 aliphatic heterocycles. The summed E-state index contributed by atoms with van der Waals surface area (Å²) in [6, 6.07) is 4.17. The minimum atomic E-state index is -0.0957. The molecular formula is C11H14ClN3. The maximum absolute atomic E-state index is 6.11. The van der Waals surface area contributed by atoms with Crippen LogP contribution >= 0.6 is 11.6 Å². The lowest BCUT2D eigenvalue weighted by molar-refractivity contribution is 0.580. The van der Waals surface area contributed by atoms with Gasteiger partial charge < -0.3 is 4.57 Å². The summed E-state index contributed by atoms with van der Waals surface area (Å²) >= 11 is 6.11. The maximum Gasteiger partial charge on any atom is 0.160 e. The van der Waals surface area contributed by atoms with Crippen LogP contribution in [-0.2, 0) is 0 Å². The van der Waals surface area contributed by atoms with Crippen molar-refractivity contribution in [2.75, 3.05) is 0 Å². The number of hydrogen-bond donors (Lipinski definition) is 0. The molecule has 0 spiro atoms. The fourth-order valence-electron chi connectivity index (χ4n) is 1.74. The molecule has 2 aromatic rings. The van der Waals surface area contributed by atoms with Gasteiger partial charge in [0.15, 0.2) is 5.65 Å². The van der Waals surface area contributed by atoms with Crippen molar-refractivity contribution in [3.05, 3.63) is 24.2 Å². The number of rotatable bonds is 2. The molecule has 15 heavy (non-hydrogen) atoms. The van der Waals surface area contributed by atoms with E-state index in [1.165, 1.54) is 0 Å². The molecule has 0 saturated heterocycles. The number of pyridine rings is 1. The molecule has 0 saturated carbocycles. The molecule has 0 N–H and O–H groups in total. The van der Waals surface area contributed by atoms with E-state index in [-0.39, 0.29) is 5.38 Å². The molecule has 2 aromatic heterocycles. The van der Waals surface area contributed by atoms with Crippen molar-refractivity contribution >= 4 is 22.8 Å². The van der Waals surface area contributed by atoms with Gasteiger partial charge in [-0.05, 0) is 32.9 Å². The van der Waals surface area contributed by atoms with Crippen molar-refractivity contribution in [1.82, 2.24) is 14.5 Å². The van der Waals surface area contributed by atoms with E-state index in [0.717, 1.165) is 17.0 Å². The van der Waals surface area contributed by atoms with Crippen molar-refractivity contribution in [3.63, 3.8) is 0 Å². The first kappa shape index (κ1) is 10.4. The van der Waals surface area contributed by atoms with E-state index < -0.39 is 0 Å². The first-order valence-corrected chi connectivity index (χ1v) is 5.52. The van der Waals surface area contributed by atoms with Gasteiger partial charge >= 0.3 is 0 Å². The van der Waals surface area contributed by atoms with Crippen LogP contribution in [0.2, 0.25) is 0 Å². The van der Waals surface area contributed by atoms with Gasteiger partial charge in [0, 0.05) is 12.2 Å². The highest BCUT2D eigenvalue weighted by Gasteiger charge is 2.17. The van der Waals surface area contributed by atoms with E-state index in [1.807, 2.05) is 19.1 Å². The fourth-order valence-corrected chi connectivity index (χ4v) is 1.89. The fraction of sp³-hybridized carbons (Fsp3) is 0.455. The smallest absolute Gasteiger partial charge is 0.160 e. The molecule has 1 atom stereocenters. The standard InChI is InChI=1S/C11H14ClN3/c1-7(2)15-10(8(3)12)14-9-5-4-6-13-11(9)15/h4-8H,1-3H3. The average Bonchev–Trinajstić information content (AvgIpc) is 2.56. The van der Waals surface area contributed by atoms with Crippen LogP contribution in [0.1, 0.15) is 38.0 Å². The lowest BCUT2D eigenvalue weighted by Crippen LogP contribution is -2.07. The van der Waals surface area contributed by atoms with Gasteiger partial charge in [-0.1, -0.05) is 0 Å². The molecule has 0 aliphatic rings. The number of aromatic nitrogens is 3. The zero-order chi connectivity index (χ0) is 11.0. The first-order chi connectivity index (χ1) is 7.11. The molecule has 2 heterocycles. The number of fused-ring (bicyclic) bond motifs is 1. The second kappa shape index (κ2) is 3.81. The van der Waals surface area contributed by atoms with Gasteiger partial charge in [-0.3, -0.25) is 0 Å². The van der Waals surface area contributed by atoms with Gasteiger partial charge in [0.2, 0.25) is 0 Å². The van der Waals surface area contributed by atoms with Crippen molar-refractivity contribution in [3.8, 4) is 0 Å². The van der Waals surface area contributed by atoms with Crippen LogP contribution in [0.5, 0.6) is 0 Å². The third-order valence-corrected chi connectivity index (χ3v) is 2.54. The van der Waals surface area contributed by atoms with Crippen molar-refractivity contribution in [2.24, 2.45) is 0 Å². The molecule has 2 rings (SSSR count). The van der Waals surface area contributed by atoms with Crippen LogP contribution in [0.25, 0.3) is 11.2 Å². The van der Waals surface area contributed by atoms with Crippen LogP contribution in [0, 0.1) is 0 Å². The highest BCUT2D eigenvalue weighted by molar-refractivity contribution is 6.20. The molecule has 4 heteroatoms. The normalized spacial score (nSPS) is 13.7. The Morgan fingerprint density at radius 1 is 1.33 bits per heavy atom. The SMILES string of the molecule is CC(Cl)c1nc2cccnc2n1C(C)C. The molecule has 3 nitrogen and oxygen atoms in total. The Kier molecular flexibility index (Phi) is 2.65. The average molecular weight is 224 g/mol. The molecule has 80 valence electrons. The lowest BCUT2D eigenvalue weighted by atomic mass is 10.3. The van der Waals surface area contributed by atoms with E-state index in [0.29, 0.717) is 6.04 Å². The molecule has 0 aliphatic carbocycles. The van der Waals surface area contributed by atoms with Gasteiger partial charge in [-0.2, -0.15) is 0 Å². The third-order valence-electron chi connectivity index (χ3n) is 2.35.